The minimum atomic E-state index is -0.0365. The van der Waals surface area contributed by atoms with Gasteiger partial charge in [-0.3, -0.25) is 9.78 Å². The van der Waals surface area contributed by atoms with Crippen LogP contribution in [0.4, 0.5) is 0 Å². The average Bonchev–Trinajstić information content (AvgIpc) is 3.25. The minimum absolute atomic E-state index is 0.0248. The lowest BCUT2D eigenvalue weighted by Crippen LogP contribution is -2.40. The number of pyridine rings is 1. The first-order chi connectivity index (χ1) is 11.2. The van der Waals surface area contributed by atoms with Crippen molar-refractivity contribution >= 4 is 5.91 Å². The molecule has 7 nitrogen and oxygen atoms in total. The van der Waals surface area contributed by atoms with Crippen molar-refractivity contribution in [1.29, 1.82) is 0 Å². The highest BCUT2D eigenvalue weighted by Gasteiger charge is 2.23. The van der Waals surface area contributed by atoms with Gasteiger partial charge in [0.2, 0.25) is 17.6 Å². The third-order valence-electron chi connectivity index (χ3n) is 3.84. The standard InChI is InChI=1S/C16H20N4O3/c1-11(13-6-4-10-22-13)18-14(21)7-8-15-19-16(20-23-15)12-5-2-3-9-17-12/h2-3,5,9,11,13H,4,6-8,10H2,1H3,(H,18,21)/t11-,13+/m0/s1. The van der Waals surface area contributed by atoms with Gasteiger partial charge in [-0.05, 0) is 31.9 Å². The largest absolute Gasteiger partial charge is 0.376 e. The number of ether oxygens (including phenoxy) is 1. The van der Waals surface area contributed by atoms with Gasteiger partial charge in [0.15, 0.2) is 0 Å². The number of aryl methyl sites for hydroxylation is 1. The summed E-state index contributed by atoms with van der Waals surface area (Å²) in [5, 5.41) is 6.85. The quantitative estimate of drug-likeness (QED) is 0.873. The Bertz CT molecular complexity index is 638. The average molecular weight is 316 g/mol. The zero-order chi connectivity index (χ0) is 16.1. The molecular formula is C16H20N4O3. The lowest BCUT2D eigenvalue weighted by atomic mass is 10.1. The molecule has 0 aliphatic carbocycles. The summed E-state index contributed by atoms with van der Waals surface area (Å²) >= 11 is 0. The Kier molecular flexibility index (Phi) is 4.97. The normalized spacial score (nSPS) is 18.7. The number of hydrogen-bond acceptors (Lipinski definition) is 6. The molecule has 2 atom stereocenters. The van der Waals surface area contributed by atoms with Crippen LogP contribution in [0.25, 0.3) is 11.5 Å². The molecule has 2 aromatic rings. The van der Waals surface area contributed by atoms with E-state index >= 15 is 0 Å². The van der Waals surface area contributed by atoms with Crippen LogP contribution < -0.4 is 5.32 Å². The van der Waals surface area contributed by atoms with E-state index in [2.05, 4.69) is 20.4 Å². The Morgan fingerprint density at radius 1 is 1.48 bits per heavy atom. The first-order valence-electron chi connectivity index (χ1n) is 7.87. The Balaban J connectivity index is 1.48. The van der Waals surface area contributed by atoms with E-state index in [9.17, 15) is 4.79 Å². The summed E-state index contributed by atoms with van der Waals surface area (Å²) in [6.45, 7) is 2.75. The molecule has 1 N–H and O–H groups in total. The van der Waals surface area contributed by atoms with Gasteiger partial charge in [0.1, 0.15) is 5.69 Å². The van der Waals surface area contributed by atoms with Gasteiger partial charge in [-0.25, -0.2) is 0 Å². The highest BCUT2D eigenvalue weighted by molar-refractivity contribution is 5.76. The lowest BCUT2D eigenvalue weighted by molar-refractivity contribution is -0.122. The monoisotopic (exact) mass is 316 g/mol. The fourth-order valence-electron chi connectivity index (χ4n) is 2.59. The smallest absolute Gasteiger partial charge is 0.227 e. The molecule has 0 spiro atoms. The van der Waals surface area contributed by atoms with Crippen molar-refractivity contribution in [3.8, 4) is 11.5 Å². The number of carbonyl (C=O) groups excluding carboxylic acids is 1. The summed E-state index contributed by atoms with van der Waals surface area (Å²) in [6.07, 6.45) is 4.57. The molecule has 0 unspecified atom stereocenters. The first kappa shape index (κ1) is 15.6. The van der Waals surface area contributed by atoms with Crippen LogP contribution in [0.2, 0.25) is 0 Å². The molecule has 1 fully saturated rings. The summed E-state index contributed by atoms with van der Waals surface area (Å²) in [4.78, 5) is 20.4. The van der Waals surface area contributed by atoms with Crippen molar-refractivity contribution in [2.24, 2.45) is 0 Å². The van der Waals surface area contributed by atoms with E-state index in [0.29, 0.717) is 30.3 Å². The van der Waals surface area contributed by atoms with Crippen molar-refractivity contribution in [3.63, 3.8) is 0 Å². The van der Waals surface area contributed by atoms with Crippen LogP contribution in [0.1, 0.15) is 32.1 Å². The number of nitrogens with one attached hydrogen (secondary N) is 1. The molecule has 0 saturated carbocycles. The number of nitrogens with zero attached hydrogens (tertiary/aromatic N) is 3. The van der Waals surface area contributed by atoms with Gasteiger partial charge in [-0.1, -0.05) is 11.2 Å². The minimum Gasteiger partial charge on any atom is -0.376 e. The maximum Gasteiger partial charge on any atom is 0.227 e. The third kappa shape index (κ3) is 4.13. The van der Waals surface area contributed by atoms with E-state index in [1.165, 1.54) is 0 Å². The predicted octanol–water partition coefficient (Wildman–Crippen LogP) is 1.75. The molecular weight excluding hydrogens is 296 g/mol. The Morgan fingerprint density at radius 3 is 3.13 bits per heavy atom. The van der Waals surface area contributed by atoms with Gasteiger partial charge < -0.3 is 14.6 Å². The summed E-state index contributed by atoms with van der Waals surface area (Å²) < 4.78 is 10.7. The lowest BCUT2D eigenvalue weighted by Gasteiger charge is -2.19. The maximum absolute atomic E-state index is 12.0. The predicted molar refractivity (Wildman–Crippen MR) is 82.4 cm³/mol. The second kappa shape index (κ2) is 7.32. The topological polar surface area (TPSA) is 90.1 Å². The second-order valence-corrected chi connectivity index (χ2v) is 5.63. The second-order valence-electron chi connectivity index (χ2n) is 5.63. The van der Waals surface area contributed by atoms with Crippen LogP contribution >= 0.6 is 0 Å². The summed E-state index contributed by atoms with van der Waals surface area (Å²) in [5.74, 6) is 0.838. The number of carbonyl (C=O) groups is 1. The van der Waals surface area contributed by atoms with E-state index < -0.39 is 0 Å². The highest BCUT2D eigenvalue weighted by atomic mass is 16.5. The maximum atomic E-state index is 12.0. The molecule has 2 aromatic heterocycles. The summed E-state index contributed by atoms with van der Waals surface area (Å²) in [7, 11) is 0. The van der Waals surface area contributed by atoms with Crippen LogP contribution in [-0.2, 0) is 16.0 Å². The number of rotatable bonds is 6. The molecule has 3 rings (SSSR count). The number of hydrogen-bond donors (Lipinski definition) is 1. The molecule has 23 heavy (non-hydrogen) atoms. The van der Waals surface area contributed by atoms with Crippen LogP contribution in [0.15, 0.2) is 28.9 Å². The van der Waals surface area contributed by atoms with Gasteiger partial charge in [-0.2, -0.15) is 4.98 Å². The molecule has 0 bridgehead atoms. The van der Waals surface area contributed by atoms with Crippen molar-refractivity contribution < 1.29 is 14.1 Å². The molecule has 1 amide bonds. The fraction of sp³-hybridized carbons (Fsp3) is 0.500. The molecule has 122 valence electrons. The van der Waals surface area contributed by atoms with Gasteiger partial charge in [0.25, 0.3) is 0 Å². The molecule has 7 heteroatoms. The van der Waals surface area contributed by atoms with Crippen molar-refractivity contribution in [2.45, 2.75) is 44.8 Å². The fourth-order valence-corrected chi connectivity index (χ4v) is 2.59. The zero-order valence-corrected chi connectivity index (χ0v) is 13.1. The van der Waals surface area contributed by atoms with Crippen LogP contribution in [0, 0.1) is 0 Å². The zero-order valence-electron chi connectivity index (χ0n) is 13.1. The van der Waals surface area contributed by atoms with Gasteiger partial charge in [-0.15, -0.1) is 0 Å². The molecule has 0 aromatic carbocycles. The highest BCUT2D eigenvalue weighted by Crippen LogP contribution is 2.16. The van der Waals surface area contributed by atoms with Crippen LogP contribution in [0.3, 0.4) is 0 Å². The summed E-state index contributed by atoms with van der Waals surface area (Å²) in [5.41, 5.74) is 0.652. The Morgan fingerprint density at radius 2 is 2.39 bits per heavy atom. The first-order valence-corrected chi connectivity index (χ1v) is 7.87. The Hall–Kier alpha value is -2.28. The van der Waals surface area contributed by atoms with E-state index in [4.69, 9.17) is 9.26 Å². The number of amides is 1. The van der Waals surface area contributed by atoms with E-state index in [1.807, 2.05) is 25.1 Å². The van der Waals surface area contributed by atoms with E-state index in [-0.39, 0.29) is 18.1 Å². The van der Waals surface area contributed by atoms with E-state index in [0.717, 1.165) is 19.4 Å². The van der Waals surface area contributed by atoms with Gasteiger partial charge in [0.05, 0.1) is 12.1 Å². The van der Waals surface area contributed by atoms with Crippen LogP contribution in [0.5, 0.6) is 0 Å². The summed E-state index contributed by atoms with van der Waals surface area (Å²) in [6, 6.07) is 5.52. The molecule has 3 heterocycles. The molecule has 0 radical (unpaired) electrons. The van der Waals surface area contributed by atoms with Crippen molar-refractivity contribution in [3.05, 3.63) is 30.3 Å². The van der Waals surface area contributed by atoms with Gasteiger partial charge in [0, 0.05) is 25.6 Å². The third-order valence-corrected chi connectivity index (χ3v) is 3.84. The van der Waals surface area contributed by atoms with Crippen molar-refractivity contribution in [1.82, 2.24) is 20.4 Å². The van der Waals surface area contributed by atoms with E-state index in [1.54, 1.807) is 6.20 Å². The number of aromatic nitrogens is 3. The molecule has 1 aliphatic rings. The molecule has 1 aliphatic heterocycles. The Labute approximate surface area is 134 Å². The van der Waals surface area contributed by atoms with Crippen LogP contribution in [-0.4, -0.2) is 39.8 Å². The van der Waals surface area contributed by atoms with Crippen molar-refractivity contribution in [2.75, 3.05) is 6.61 Å². The molecule has 1 saturated heterocycles. The van der Waals surface area contributed by atoms with Gasteiger partial charge >= 0.3 is 0 Å². The SMILES string of the molecule is C[C@H](NC(=O)CCc1nc(-c2ccccn2)no1)[C@H]1CCCO1.